The molecule has 1 saturated heterocycles. The summed E-state index contributed by atoms with van der Waals surface area (Å²) in [5.41, 5.74) is 0.893. The van der Waals surface area contributed by atoms with Crippen LogP contribution < -0.4 is 20.1 Å². The standard InChI is InChI=1S/C23H27FN6O3/c1-4-32-20-6-5-7-28-23(20)33-19-8-16(11-26-14-19)21(25-3)29-10-15(2)22(31)30-18-9-17(24)12-27-13-18/h5-8,10-11,14,17-18,27H,3-4,9,12-13H2,1-2H3,(H,30,31)/b15-10+,29-21-/t17-,18-/m0/s1. The minimum atomic E-state index is -0.972. The highest BCUT2D eigenvalue weighted by Gasteiger charge is 2.22. The van der Waals surface area contributed by atoms with Crippen molar-refractivity contribution >= 4 is 18.5 Å². The third-order valence-electron chi connectivity index (χ3n) is 4.74. The lowest BCUT2D eigenvalue weighted by atomic mass is 10.1. The smallest absolute Gasteiger partial charge is 0.262 e. The van der Waals surface area contributed by atoms with Crippen LogP contribution >= 0.6 is 0 Å². The molecular weight excluding hydrogens is 427 g/mol. The number of alkyl halides is 1. The van der Waals surface area contributed by atoms with Gasteiger partial charge in [-0.2, -0.15) is 0 Å². The number of amidine groups is 1. The molecule has 9 nitrogen and oxygen atoms in total. The highest BCUT2D eigenvalue weighted by molar-refractivity contribution is 6.02. The molecule has 0 spiro atoms. The molecule has 10 heteroatoms. The predicted octanol–water partition coefficient (Wildman–Crippen LogP) is 2.83. The van der Waals surface area contributed by atoms with Crippen LogP contribution in [0.15, 0.2) is 58.5 Å². The summed E-state index contributed by atoms with van der Waals surface area (Å²) < 4.78 is 24.9. The van der Waals surface area contributed by atoms with Gasteiger partial charge in [-0.05, 0) is 38.8 Å². The number of carbonyl (C=O) groups is 1. The number of rotatable bonds is 8. The maximum atomic E-state index is 13.5. The number of aliphatic imine (C=N–C) groups is 2. The van der Waals surface area contributed by atoms with Crippen molar-refractivity contribution in [2.24, 2.45) is 9.98 Å². The Morgan fingerprint density at radius 1 is 1.42 bits per heavy atom. The summed E-state index contributed by atoms with van der Waals surface area (Å²) in [4.78, 5) is 29.0. The Kier molecular flexibility index (Phi) is 8.59. The Labute approximate surface area is 191 Å². The number of halogens is 1. The van der Waals surface area contributed by atoms with Crippen LogP contribution in [0.25, 0.3) is 0 Å². The Morgan fingerprint density at radius 2 is 2.27 bits per heavy atom. The molecule has 1 aliphatic rings. The van der Waals surface area contributed by atoms with E-state index in [4.69, 9.17) is 9.47 Å². The molecule has 174 valence electrons. The lowest BCUT2D eigenvalue weighted by Crippen LogP contribution is -2.49. The number of hydrogen-bond donors (Lipinski definition) is 2. The molecular formula is C23H27FN6O3. The topological polar surface area (TPSA) is 110 Å². The predicted molar refractivity (Wildman–Crippen MR) is 124 cm³/mol. The lowest BCUT2D eigenvalue weighted by Gasteiger charge is -2.26. The van der Waals surface area contributed by atoms with E-state index in [1.807, 2.05) is 6.92 Å². The molecule has 1 amide bonds. The van der Waals surface area contributed by atoms with Crippen LogP contribution in [0.4, 0.5) is 4.39 Å². The average molecular weight is 455 g/mol. The van der Waals surface area contributed by atoms with Gasteiger partial charge in [0.25, 0.3) is 5.88 Å². The summed E-state index contributed by atoms with van der Waals surface area (Å²) in [5.74, 6) is 1.17. The fraction of sp³-hybridized carbons (Fsp3) is 0.348. The monoisotopic (exact) mass is 454 g/mol. The summed E-state index contributed by atoms with van der Waals surface area (Å²) in [6.07, 6.45) is 5.39. The first-order valence-electron chi connectivity index (χ1n) is 10.6. The summed E-state index contributed by atoms with van der Waals surface area (Å²) in [6, 6.07) is 4.93. The second-order valence-electron chi connectivity index (χ2n) is 7.34. The van der Waals surface area contributed by atoms with E-state index in [-0.39, 0.29) is 24.2 Å². The molecule has 0 aliphatic carbocycles. The van der Waals surface area contributed by atoms with Crippen LogP contribution in [0.2, 0.25) is 0 Å². The highest BCUT2D eigenvalue weighted by Crippen LogP contribution is 2.28. The van der Waals surface area contributed by atoms with E-state index in [0.717, 1.165) is 0 Å². The van der Waals surface area contributed by atoms with Gasteiger partial charge in [0.2, 0.25) is 5.91 Å². The van der Waals surface area contributed by atoms with Crippen molar-refractivity contribution in [3.63, 3.8) is 0 Å². The fourth-order valence-corrected chi connectivity index (χ4v) is 3.15. The largest absolute Gasteiger partial charge is 0.488 e. The highest BCUT2D eigenvalue weighted by atomic mass is 19.1. The van der Waals surface area contributed by atoms with E-state index in [2.05, 4.69) is 37.3 Å². The van der Waals surface area contributed by atoms with E-state index in [1.54, 1.807) is 37.5 Å². The van der Waals surface area contributed by atoms with Crippen LogP contribution in [0.1, 0.15) is 25.8 Å². The van der Waals surface area contributed by atoms with Gasteiger partial charge in [-0.3, -0.25) is 9.78 Å². The van der Waals surface area contributed by atoms with E-state index < -0.39 is 6.17 Å². The van der Waals surface area contributed by atoms with Gasteiger partial charge in [0.05, 0.1) is 12.8 Å². The van der Waals surface area contributed by atoms with Crippen molar-refractivity contribution in [1.29, 1.82) is 0 Å². The van der Waals surface area contributed by atoms with Crippen LogP contribution in [0.3, 0.4) is 0 Å². The summed E-state index contributed by atoms with van der Waals surface area (Å²) >= 11 is 0. The number of pyridine rings is 2. The molecule has 2 aromatic heterocycles. The molecule has 0 radical (unpaired) electrons. The first-order valence-corrected chi connectivity index (χ1v) is 10.6. The normalized spacial score (nSPS) is 19.0. The average Bonchev–Trinajstić information content (AvgIpc) is 2.81. The Morgan fingerprint density at radius 3 is 3.03 bits per heavy atom. The van der Waals surface area contributed by atoms with Gasteiger partial charge in [0, 0.05) is 55.3 Å². The summed E-state index contributed by atoms with van der Waals surface area (Å²) in [6.45, 7) is 8.36. The molecule has 0 bridgehead atoms. The van der Waals surface area contributed by atoms with Crippen molar-refractivity contribution in [1.82, 2.24) is 20.6 Å². The number of carbonyl (C=O) groups excluding carboxylic acids is 1. The molecule has 33 heavy (non-hydrogen) atoms. The number of nitrogens with one attached hydrogen (secondary N) is 2. The molecule has 1 fully saturated rings. The zero-order valence-corrected chi connectivity index (χ0v) is 18.6. The molecule has 1 aliphatic heterocycles. The Hall–Kier alpha value is -3.66. The van der Waals surface area contributed by atoms with Crippen molar-refractivity contribution in [3.05, 3.63) is 54.1 Å². The van der Waals surface area contributed by atoms with Gasteiger partial charge in [0.15, 0.2) is 11.6 Å². The van der Waals surface area contributed by atoms with Crippen molar-refractivity contribution in [2.75, 3.05) is 19.7 Å². The van der Waals surface area contributed by atoms with E-state index >= 15 is 0 Å². The van der Waals surface area contributed by atoms with Gasteiger partial charge < -0.3 is 20.1 Å². The lowest BCUT2D eigenvalue weighted by molar-refractivity contribution is -0.118. The number of piperidine rings is 1. The maximum absolute atomic E-state index is 13.5. The second-order valence-corrected chi connectivity index (χ2v) is 7.34. The van der Waals surface area contributed by atoms with E-state index in [0.29, 0.717) is 48.2 Å². The van der Waals surface area contributed by atoms with Crippen molar-refractivity contribution in [2.45, 2.75) is 32.5 Å². The number of amides is 1. The molecule has 0 aromatic carbocycles. The quantitative estimate of drug-likeness (QED) is 0.361. The van der Waals surface area contributed by atoms with Crippen molar-refractivity contribution in [3.8, 4) is 17.4 Å². The van der Waals surface area contributed by atoms with Crippen LogP contribution in [-0.4, -0.2) is 60.3 Å². The van der Waals surface area contributed by atoms with Crippen LogP contribution in [-0.2, 0) is 4.79 Å². The van der Waals surface area contributed by atoms with Crippen LogP contribution in [0.5, 0.6) is 17.4 Å². The van der Waals surface area contributed by atoms with Gasteiger partial charge in [-0.1, -0.05) is 0 Å². The molecule has 0 unspecified atom stereocenters. The van der Waals surface area contributed by atoms with Gasteiger partial charge in [-0.15, -0.1) is 0 Å². The zero-order valence-electron chi connectivity index (χ0n) is 18.6. The maximum Gasteiger partial charge on any atom is 0.262 e. The SMILES string of the molecule is C=N/C(=N\C=C(/C)C(=O)N[C@@H]1CNC[C@@H](F)C1)c1cncc(Oc2ncccc2OCC)c1. The number of ether oxygens (including phenoxy) is 2. The van der Waals surface area contributed by atoms with E-state index in [1.165, 1.54) is 12.4 Å². The third-order valence-corrected chi connectivity index (χ3v) is 4.74. The molecule has 3 heterocycles. The van der Waals surface area contributed by atoms with Crippen molar-refractivity contribution < 1.29 is 18.7 Å². The van der Waals surface area contributed by atoms with Gasteiger partial charge >= 0.3 is 0 Å². The molecule has 2 aromatic rings. The number of nitrogens with zero attached hydrogens (tertiary/aromatic N) is 4. The van der Waals surface area contributed by atoms with Crippen LogP contribution in [0, 0.1) is 0 Å². The van der Waals surface area contributed by atoms with Gasteiger partial charge in [0.1, 0.15) is 11.9 Å². The molecule has 2 N–H and O–H groups in total. The fourth-order valence-electron chi connectivity index (χ4n) is 3.15. The minimum Gasteiger partial charge on any atom is -0.488 e. The Bertz CT molecular complexity index is 1040. The second kappa shape index (κ2) is 11.8. The number of hydrogen-bond acceptors (Lipinski definition) is 7. The van der Waals surface area contributed by atoms with E-state index in [9.17, 15) is 9.18 Å². The molecule has 0 saturated carbocycles. The summed E-state index contributed by atoms with van der Waals surface area (Å²) in [5, 5.41) is 5.76. The molecule has 2 atom stereocenters. The first-order chi connectivity index (χ1) is 16.0. The minimum absolute atomic E-state index is 0.259. The molecule has 3 rings (SSSR count). The summed E-state index contributed by atoms with van der Waals surface area (Å²) in [7, 11) is 0. The number of aromatic nitrogens is 2. The first kappa shape index (κ1) is 24.0. The zero-order chi connectivity index (χ0) is 23.6. The Balaban J connectivity index is 1.72. The third kappa shape index (κ3) is 6.91. The van der Waals surface area contributed by atoms with Gasteiger partial charge in [-0.25, -0.2) is 19.4 Å².